The predicted molar refractivity (Wildman–Crippen MR) is 136 cm³/mol. The van der Waals surface area contributed by atoms with E-state index < -0.39 is 7.26 Å². The topological polar surface area (TPSA) is 0 Å². The van der Waals surface area contributed by atoms with Crippen molar-refractivity contribution in [2.45, 2.75) is 6.16 Å². The summed E-state index contributed by atoms with van der Waals surface area (Å²) in [5, 5.41) is 4.27. The van der Waals surface area contributed by atoms with E-state index in [1.807, 2.05) is 0 Å². The maximum absolute atomic E-state index is 3.61. The molecule has 29 heavy (non-hydrogen) atoms. The van der Waals surface area contributed by atoms with Crippen LogP contribution in [0.5, 0.6) is 0 Å². The van der Waals surface area contributed by atoms with E-state index in [0.717, 1.165) is 10.6 Å². The summed E-state index contributed by atoms with van der Waals surface area (Å²) in [6, 6.07) is 39.8. The number of benzene rings is 4. The zero-order valence-corrected chi connectivity index (χ0v) is 21.9. The summed E-state index contributed by atoms with van der Waals surface area (Å²) in [5.41, 5.74) is 1.40. The molecule has 0 aliphatic carbocycles. The van der Waals surface area contributed by atoms with Gasteiger partial charge >= 0.3 is 0 Å². The van der Waals surface area contributed by atoms with Crippen LogP contribution in [-0.4, -0.2) is 0 Å². The van der Waals surface area contributed by atoms with Gasteiger partial charge in [0.2, 0.25) is 0 Å². The zero-order valence-electron chi connectivity index (χ0n) is 15.7. The second-order valence-electron chi connectivity index (χ2n) is 6.71. The molecule has 0 saturated heterocycles. The molecule has 4 heteroatoms. The Morgan fingerprint density at radius 1 is 0.621 bits per heavy atom. The highest BCUT2D eigenvalue weighted by molar-refractivity contribution is 14.1. The number of hydrogen-bond donors (Lipinski definition) is 0. The molecule has 0 fully saturated rings. The third-order valence-corrected chi connectivity index (χ3v) is 10.9. The molecule has 4 aromatic carbocycles. The molecule has 0 aromatic heterocycles. The summed E-state index contributed by atoms with van der Waals surface area (Å²) in [5.74, 6) is 0. The smallest absolute Gasteiger partial charge is 0.116 e. The SMILES string of the molecule is Brc1ccc(C[P+](c2ccccc2)(c2ccccc2)c2ccccc2)c(I)c1.[Br-]. The van der Waals surface area contributed by atoms with Gasteiger partial charge in [0.15, 0.2) is 0 Å². The van der Waals surface area contributed by atoms with Gasteiger partial charge < -0.3 is 17.0 Å². The van der Waals surface area contributed by atoms with E-state index >= 15 is 0 Å². The van der Waals surface area contributed by atoms with Crippen LogP contribution in [-0.2, 0) is 6.16 Å². The summed E-state index contributed by atoms with van der Waals surface area (Å²) in [6.07, 6.45) is 1.01. The van der Waals surface area contributed by atoms with Crippen molar-refractivity contribution < 1.29 is 17.0 Å². The fraction of sp³-hybridized carbons (Fsp3) is 0.0400. The quantitative estimate of drug-likeness (QED) is 0.232. The van der Waals surface area contributed by atoms with Crippen LogP contribution < -0.4 is 32.9 Å². The number of hydrogen-bond acceptors (Lipinski definition) is 0. The first-order valence-electron chi connectivity index (χ1n) is 9.19. The van der Waals surface area contributed by atoms with Gasteiger partial charge in [0, 0.05) is 13.6 Å². The highest BCUT2D eigenvalue weighted by Crippen LogP contribution is 2.58. The maximum Gasteiger partial charge on any atom is 0.116 e. The Labute approximate surface area is 206 Å². The first-order valence-corrected chi connectivity index (χ1v) is 13.0. The van der Waals surface area contributed by atoms with E-state index in [1.54, 1.807) is 0 Å². The molecule has 0 nitrogen and oxygen atoms in total. The monoisotopic (exact) mass is 636 g/mol. The van der Waals surface area contributed by atoms with Gasteiger partial charge in [-0.25, -0.2) is 0 Å². The van der Waals surface area contributed by atoms with Crippen molar-refractivity contribution in [3.63, 3.8) is 0 Å². The van der Waals surface area contributed by atoms with Crippen LogP contribution in [0.2, 0.25) is 0 Å². The van der Waals surface area contributed by atoms with Crippen LogP contribution in [0.3, 0.4) is 0 Å². The molecular weight excluding hydrogens is 618 g/mol. The lowest BCUT2D eigenvalue weighted by atomic mass is 10.2. The van der Waals surface area contributed by atoms with Crippen LogP contribution in [0.4, 0.5) is 0 Å². The molecule has 0 N–H and O–H groups in total. The van der Waals surface area contributed by atoms with E-state index in [2.05, 4.69) is 148 Å². The summed E-state index contributed by atoms with van der Waals surface area (Å²) in [6.45, 7) is 0. The summed E-state index contributed by atoms with van der Waals surface area (Å²) in [7, 11) is -1.84. The van der Waals surface area contributed by atoms with Gasteiger partial charge in [-0.15, -0.1) is 0 Å². The molecule has 0 heterocycles. The highest BCUT2D eigenvalue weighted by Gasteiger charge is 2.45. The van der Waals surface area contributed by atoms with Gasteiger partial charge in [0.05, 0.1) is 6.16 Å². The average molecular weight is 638 g/mol. The Morgan fingerprint density at radius 2 is 1.03 bits per heavy atom. The molecule has 0 aliphatic rings. The van der Waals surface area contributed by atoms with Gasteiger partial charge in [0.1, 0.15) is 23.2 Å². The van der Waals surface area contributed by atoms with E-state index in [0.29, 0.717) is 0 Å². The van der Waals surface area contributed by atoms with Crippen molar-refractivity contribution >= 4 is 61.7 Å². The Morgan fingerprint density at radius 3 is 1.41 bits per heavy atom. The predicted octanol–water partition coefficient (Wildman–Crippen LogP) is 3.55. The van der Waals surface area contributed by atoms with Crippen molar-refractivity contribution in [3.8, 4) is 0 Å². The molecular formula is C25H20Br2IP. The Balaban J connectivity index is 0.00000240. The fourth-order valence-electron chi connectivity index (χ4n) is 3.67. The third-order valence-electron chi connectivity index (χ3n) is 5.01. The van der Waals surface area contributed by atoms with Crippen molar-refractivity contribution in [2.75, 3.05) is 0 Å². The first-order chi connectivity index (χ1) is 13.7. The average Bonchev–Trinajstić information content (AvgIpc) is 2.75. The lowest BCUT2D eigenvalue weighted by molar-refractivity contribution is -0.00000516. The minimum atomic E-state index is -1.84. The summed E-state index contributed by atoms with van der Waals surface area (Å²) < 4.78 is 2.43. The normalized spacial score (nSPS) is 11.0. The second-order valence-corrected chi connectivity index (χ2v) is 12.3. The molecule has 0 radical (unpaired) electrons. The van der Waals surface area contributed by atoms with Crippen molar-refractivity contribution in [1.29, 1.82) is 0 Å². The molecule has 0 atom stereocenters. The van der Waals surface area contributed by atoms with Crippen LogP contribution in [0, 0.1) is 3.57 Å². The van der Waals surface area contributed by atoms with Gasteiger partial charge in [-0.3, -0.25) is 0 Å². The number of halogens is 3. The molecule has 0 amide bonds. The maximum atomic E-state index is 3.61. The molecule has 146 valence electrons. The molecule has 0 spiro atoms. The van der Waals surface area contributed by atoms with Crippen molar-refractivity contribution in [1.82, 2.24) is 0 Å². The molecule has 0 unspecified atom stereocenters. The zero-order chi connectivity index (χ0) is 19.4. The minimum Gasteiger partial charge on any atom is -1.00 e. The largest absolute Gasteiger partial charge is 1.00 e. The van der Waals surface area contributed by atoms with E-state index in [9.17, 15) is 0 Å². The van der Waals surface area contributed by atoms with E-state index in [1.165, 1.54) is 25.0 Å². The van der Waals surface area contributed by atoms with Crippen LogP contribution >= 0.6 is 45.8 Å². The highest BCUT2D eigenvalue weighted by atomic mass is 127. The van der Waals surface area contributed by atoms with Gasteiger partial charge in [-0.2, -0.15) is 0 Å². The van der Waals surface area contributed by atoms with E-state index in [-0.39, 0.29) is 17.0 Å². The minimum absolute atomic E-state index is 0. The van der Waals surface area contributed by atoms with Crippen molar-refractivity contribution in [3.05, 3.63) is 123 Å². The lowest BCUT2D eigenvalue weighted by Crippen LogP contribution is -3.00. The number of rotatable bonds is 5. The Hall–Kier alpha value is -1.000. The first kappa shape index (κ1) is 22.7. The molecule has 4 rings (SSSR count). The van der Waals surface area contributed by atoms with Gasteiger partial charge in [0.25, 0.3) is 0 Å². The Bertz CT molecular complexity index is 957. The fourth-order valence-corrected chi connectivity index (χ4v) is 9.74. The third kappa shape index (κ3) is 4.85. The van der Waals surface area contributed by atoms with Crippen molar-refractivity contribution in [2.24, 2.45) is 0 Å². The Kier molecular flexibility index (Phi) is 8.09. The molecule has 0 bridgehead atoms. The summed E-state index contributed by atoms with van der Waals surface area (Å²) >= 11 is 6.09. The lowest BCUT2D eigenvalue weighted by Gasteiger charge is -2.28. The summed E-state index contributed by atoms with van der Waals surface area (Å²) in [4.78, 5) is 0. The van der Waals surface area contributed by atoms with E-state index in [4.69, 9.17) is 0 Å². The molecule has 4 aromatic rings. The molecule has 0 aliphatic heterocycles. The molecule has 0 saturated carbocycles. The van der Waals surface area contributed by atoms with Crippen LogP contribution in [0.25, 0.3) is 0 Å². The van der Waals surface area contributed by atoms with Crippen LogP contribution in [0.15, 0.2) is 114 Å². The van der Waals surface area contributed by atoms with Gasteiger partial charge in [-0.05, 0) is 71.1 Å². The standard InChI is InChI=1S/C25H20BrIP.BrH/c26-21-17-16-20(25(27)18-21)19-28(22-10-4-1-5-11-22,23-12-6-2-7-13-23)24-14-8-3-9-15-24;/h1-18H,19H2;1H/q+1;/p-1. The second kappa shape index (κ2) is 10.3. The van der Waals surface area contributed by atoms with Crippen LogP contribution in [0.1, 0.15) is 5.56 Å². The van der Waals surface area contributed by atoms with Gasteiger partial charge in [-0.1, -0.05) is 76.6 Å².